The van der Waals surface area contributed by atoms with Crippen molar-refractivity contribution in [2.75, 3.05) is 0 Å². The molecule has 0 radical (unpaired) electrons. The zero-order valence-corrected chi connectivity index (χ0v) is 9.37. The molecule has 0 bridgehead atoms. The Hall–Kier alpha value is -1.35. The number of aryl methyl sites for hydroxylation is 1. The van der Waals surface area contributed by atoms with Gasteiger partial charge in [0.2, 0.25) is 0 Å². The summed E-state index contributed by atoms with van der Waals surface area (Å²) in [4.78, 5) is 4.30. The summed E-state index contributed by atoms with van der Waals surface area (Å²) in [6.07, 6.45) is 0.842. The second-order valence-corrected chi connectivity index (χ2v) is 4.70. The van der Waals surface area contributed by atoms with Crippen molar-refractivity contribution >= 4 is 11.1 Å². The minimum atomic E-state index is -0.188. The number of fused-ring (bicyclic) bond motifs is 1. The normalized spacial score (nSPS) is 12.3. The van der Waals surface area contributed by atoms with Gasteiger partial charge in [-0.3, -0.25) is 0 Å². The summed E-state index contributed by atoms with van der Waals surface area (Å²) >= 11 is 0. The molecule has 2 rings (SSSR count). The molecule has 0 saturated heterocycles. The number of aromatic nitrogens is 1. The number of rotatable bonds is 2. The summed E-state index contributed by atoms with van der Waals surface area (Å²) in [6, 6.07) is 6.04. The lowest BCUT2D eigenvalue weighted by molar-refractivity contribution is 0.517. The number of hydrogen-bond donors (Lipinski definition) is 1. The van der Waals surface area contributed by atoms with E-state index in [9.17, 15) is 0 Å². The molecule has 0 atom stereocenters. The maximum atomic E-state index is 5.97. The molecule has 0 saturated carbocycles. The van der Waals surface area contributed by atoms with Gasteiger partial charge < -0.3 is 10.2 Å². The molecule has 0 fully saturated rings. The first-order valence-corrected chi connectivity index (χ1v) is 5.09. The molecule has 1 aromatic carbocycles. The van der Waals surface area contributed by atoms with Crippen molar-refractivity contribution in [1.82, 2.24) is 4.98 Å². The van der Waals surface area contributed by atoms with E-state index in [1.54, 1.807) is 0 Å². The van der Waals surface area contributed by atoms with Crippen LogP contribution in [-0.2, 0) is 6.42 Å². The van der Waals surface area contributed by atoms with Crippen molar-refractivity contribution in [1.29, 1.82) is 0 Å². The Morgan fingerprint density at radius 3 is 2.80 bits per heavy atom. The lowest BCUT2D eigenvalue weighted by atomic mass is 9.96. The van der Waals surface area contributed by atoms with Gasteiger partial charge in [-0.05, 0) is 38.0 Å². The molecule has 2 N–H and O–H groups in total. The highest BCUT2D eigenvalue weighted by Crippen LogP contribution is 2.19. The van der Waals surface area contributed by atoms with Gasteiger partial charge in [0.25, 0.3) is 0 Å². The lowest BCUT2D eigenvalue weighted by Crippen LogP contribution is -2.34. The predicted molar refractivity (Wildman–Crippen MR) is 60.7 cm³/mol. The number of oxazole rings is 1. The molecule has 3 heteroatoms. The van der Waals surface area contributed by atoms with Crippen LogP contribution in [0.25, 0.3) is 11.1 Å². The van der Waals surface area contributed by atoms with Crippen LogP contribution in [0.15, 0.2) is 22.6 Å². The largest absolute Gasteiger partial charge is 0.441 e. The number of benzene rings is 1. The fraction of sp³-hybridized carbons (Fsp3) is 0.417. The van der Waals surface area contributed by atoms with Crippen LogP contribution in [0, 0.1) is 6.92 Å². The molecule has 2 aromatic rings. The van der Waals surface area contributed by atoms with E-state index in [0.29, 0.717) is 5.89 Å². The molecule has 15 heavy (non-hydrogen) atoms. The zero-order valence-electron chi connectivity index (χ0n) is 9.37. The number of nitrogens with zero attached hydrogens (tertiary/aromatic N) is 1. The van der Waals surface area contributed by atoms with Gasteiger partial charge in [-0.15, -0.1) is 0 Å². The first-order chi connectivity index (χ1) is 6.94. The summed E-state index contributed by atoms with van der Waals surface area (Å²) in [5, 5.41) is 0. The molecule has 0 aliphatic heterocycles. The van der Waals surface area contributed by atoms with Gasteiger partial charge in [0.15, 0.2) is 11.5 Å². The van der Waals surface area contributed by atoms with E-state index in [2.05, 4.69) is 4.98 Å². The minimum Gasteiger partial charge on any atom is -0.441 e. The summed E-state index contributed by atoms with van der Waals surface area (Å²) in [5.41, 5.74) is 8.73. The zero-order chi connectivity index (χ0) is 11.1. The highest BCUT2D eigenvalue weighted by atomic mass is 16.3. The second kappa shape index (κ2) is 3.35. The summed E-state index contributed by atoms with van der Waals surface area (Å²) in [6.45, 7) is 5.89. The van der Waals surface area contributed by atoms with E-state index in [0.717, 1.165) is 17.5 Å². The molecular weight excluding hydrogens is 188 g/mol. The predicted octanol–water partition coefficient (Wildman–Crippen LogP) is 2.42. The molecule has 0 unspecified atom stereocenters. The summed E-state index contributed by atoms with van der Waals surface area (Å²) < 4.78 is 5.41. The van der Waals surface area contributed by atoms with Gasteiger partial charge in [0.05, 0.1) is 0 Å². The smallest absolute Gasteiger partial charge is 0.192 e. The quantitative estimate of drug-likeness (QED) is 0.817. The molecular formula is C12H16N2O. The van der Waals surface area contributed by atoms with Crippen LogP contribution in [0.4, 0.5) is 0 Å². The third-order valence-electron chi connectivity index (χ3n) is 2.22. The average Bonchev–Trinajstić information content (AvgIpc) is 2.40. The van der Waals surface area contributed by atoms with Crippen LogP contribution in [-0.4, -0.2) is 10.5 Å². The van der Waals surface area contributed by atoms with Gasteiger partial charge >= 0.3 is 0 Å². The Morgan fingerprint density at radius 2 is 2.13 bits per heavy atom. The molecule has 0 aliphatic rings. The van der Waals surface area contributed by atoms with Gasteiger partial charge in [-0.1, -0.05) is 6.07 Å². The summed E-state index contributed by atoms with van der Waals surface area (Å²) in [5.74, 6) is 0.703. The number of hydrogen-bond acceptors (Lipinski definition) is 3. The van der Waals surface area contributed by atoms with Crippen molar-refractivity contribution in [2.24, 2.45) is 5.73 Å². The summed E-state index contributed by atoms with van der Waals surface area (Å²) in [7, 11) is 0. The van der Waals surface area contributed by atoms with Gasteiger partial charge in [-0.2, -0.15) is 0 Å². The molecule has 1 heterocycles. The van der Waals surface area contributed by atoms with E-state index >= 15 is 0 Å². The van der Waals surface area contributed by atoms with Crippen molar-refractivity contribution in [3.8, 4) is 0 Å². The van der Waals surface area contributed by atoms with Crippen LogP contribution >= 0.6 is 0 Å². The topological polar surface area (TPSA) is 52.0 Å². The molecule has 0 aliphatic carbocycles. The van der Waals surface area contributed by atoms with E-state index in [1.807, 2.05) is 39.0 Å². The van der Waals surface area contributed by atoms with E-state index < -0.39 is 0 Å². The van der Waals surface area contributed by atoms with Gasteiger partial charge in [0.1, 0.15) is 5.52 Å². The van der Waals surface area contributed by atoms with Crippen LogP contribution in [0.3, 0.4) is 0 Å². The molecule has 80 valence electrons. The molecule has 1 aromatic heterocycles. The minimum absolute atomic E-state index is 0.188. The van der Waals surface area contributed by atoms with Crippen LogP contribution in [0.5, 0.6) is 0 Å². The Labute approximate surface area is 89.3 Å². The standard InChI is InChI=1S/C12H16N2O/c1-8-14-10-6-9(7-12(2,3)13)4-5-11(10)15-8/h4-6H,7,13H2,1-3H3. The molecule has 0 spiro atoms. The fourth-order valence-corrected chi connectivity index (χ4v) is 1.72. The third kappa shape index (κ3) is 2.36. The highest BCUT2D eigenvalue weighted by Gasteiger charge is 2.12. The van der Waals surface area contributed by atoms with Crippen molar-refractivity contribution in [3.05, 3.63) is 29.7 Å². The first-order valence-electron chi connectivity index (χ1n) is 5.09. The Kier molecular flexibility index (Phi) is 2.27. The van der Waals surface area contributed by atoms with Crippen LogP contribution < -0.4 is 5.73 Å². The Bertz CT molecular complexity index is 480. The van der Waals surface area contributed by atoms with E-state index in [1.165, 1.54) is 5.56 Å². The maximum Gasteiger partial charge on any atom is 0.192 e. The van der Waals surface area contributed by atoms with Crippen molar-refractivity contribution in [3.63, 3.8) is 0 Å². The van der Waals surface area contributed by atoms with Crippen LogP contribution in [0.2, 0.25) is 0 Å². The third-order valence-corrected chi connectivity index (χ3v) is 2.22. The van der Waals surface area contributed by atoms with Crippen molar-refractivity contribution < 1.29 is 4.42 Å². The fourth-order valence-electron chi connectivity index (χ4n) is 1.72. The highest BCUT2D eigenvalue weighted by molar-refractivity contribution is 5.73. The lowest BCUT2D eigenvalue weighted by Gasteiger charge is -2.17. The second-order valence-electron chi connectivity index (χ2n) is 4.70. The average molecular weight is 204 g/mol. The Balaban J connectivity index is 2.38. The molecule has 3 nitrogen and oxygen atoms in total. The van der Waals surface area contributed by atoms with Gasteiger partial charge in [0, 0.05) is 12.5 Å². The monoisotopic (exact) mass is 204 g/mol. The number of nitrogens with two attached hydrogens (primary N) is 1. The SMILES string of the molecule is Cc1nc2cc(CC(C)(C)N)ccc2o1. The van der Waals surface area contributed by atoms with E-state index in [4.69, 9.17) is 10.2 Å². The molecule has 0 amide bonds. The van der Waals surface area contributed by atoms with E-state index in [-0.39, 0.29) is 5.54 Å². The Morgan fingerprint density at radius 1 is 1.40 bits per heavy atom. The van der Waals surface area contributed by atoms with Gasteiger partial charge in [-0.25, -0.2) is 4.98 Å². The first kappa shape index (κ1) is 10.2. The maximum absolute atomic E-state index is 5.97. The van der Waals surface area contributed by atoms with Crippen molar-refractivity contribution in [2.45, 2.75) is 32.7 Å². The van der Waals surface area contributed by atoms with Crippen LogP contribution in [0.1, 0.15) is 25.3 Å².